The van der Waals surface area contributed by atoms with E-state index in [0.29, 0.717) is 22.7 Å². The van der Waals surface area contributed by atoms with E-state index < -0.39 is 0 Å². The summed E-state index contributed by atoms with van der Waals surface area (Å²) >= 11 is 4.87. The standard InChI is InChI=1S/C11H16N4S/c1-7(6-8-2-3-8)14-11-13-5-4-9(15-11)10(12)16/h4-5,7-8H,2-3,6H2,1H3,(H2,12,16)(H,13,14,15). The Kier molecular flexibility index (Phi) is 3.33. The second kappa shape index (κ2) is 4.74. The lowest BCUT2D eigenvalue weighted by Gasteiger charge is -2.13. The van der Waals surface area contributed by atoms with Crippen molar-refractivity contribution in [2.45, 2.75) is 32.2 Å². The van der Waals surface area contributed by atoms with Crippen LogP contribution in [0.3, 0.4) is 0 Å². The van der Waals surface area contributed by atoms with Crippen molar-refractivity contribution in [1.82, 2.24) is 9.97 Å². The second-order valence-corrected chi connectivity index (χ2v) is 4.79. The second-order valence-electron chi connectivity index (χ2n) is 4.35. The van der Waals surface area contributed by atoms with Crippen LogP contribution in [0.15, 0.2) is 12.3 Å². The lowest BCUT2D eigenvalue weighted by atomic mass is 10.2. The quantitative estimate of drug-likeness (QED) is 0.762. The number of anilines is 1. The Morgan fingerprint density at radius 3 is 3.06 bits per heavy atom. The number of hydrogen-bond acceptors (Lipinski definition) is 4. The van der Waals surface area contributed by atoms with E-state index in [1.807, 2.05) is 0 Å². The molecule has 0 aromatic carbocycles. The average molecular weight is 236 g/mol. The van der Waals surface area contributed by atoms with Gasteiger partial charge in [-0.05, 0) is 25.3 Å². The van der Waals surface area contributed by atoms with Gasteiger partial charge in [0.25, 0.3) is 0 Å². The van der Waals surface area contributed by atoms with E-state index in [0.717, 1.165) is 5.92 Å². The van der Waals surface area contributed by atoms with Crippen LogP contribution in [0.25, 0.3) is 0 Å². The first-order valence-electron chi connectivity index (χ1n) is 5.54. The molecule has 0 amide bonds. The van der Waals surface area contributed by atoms with Crippen molar-refractivity contribution in [3.63, 3.8) is 0 Å². The van der Waals surface area contributed by atoms with E-state index in [1.54, 1.807) is 12.3 Å². The zero-order valence-electron chi connectivity index (χ0n) is 9.31. The van der Waals surface area contributed by atoms with Crippen LogP contribution in [0.1, 0.15) is 31.9 Å². The minimum atomic E-state index is 0.306. The van der Waals surface area contributed by atoms with Gasteiger partial charge in [-0.1, -0.05) is 25.1 Å². The van der Waals surface area contributed by atoms with Gasteiger partial charge in [0.15, 0.2) is 0 Å². The van der Waals surface area contributed by atoms with Crippen molar-refractivity contribution < 1.29 is 0 Å². The number of nitrogens with one attached hydrogen (secondary N) is 1. The van der Waals surface area contributed by atoms with Crippen molar-refractivity contribution >= 4 is 23.2 Å². The van der Waals surface area contributed by atoms with E-state index in [-0.39, 0.29) is 0 Å². The Bertz CT molecular complexity index is 389. The monoisotopic (exact) mass is 236 g/mol. The number of nitrogens with zero attached hydrogens (tertiary/aromatic N) is 2. The molecule has 1 aliphatic carbocycles. The van der Waals surface area contributed by atoms with Crippen LogP contribution in [0.5, 0.6) is 0 Å². The van der Waals surface area contributed by atoms with Crippen LogP contribution in [0, 0.1) is 5.92 Å². The molecule has 1 saturated carbocycles. The molecule has 0 aliphatic heterocycles. The summed E-state index contributed by atoms with van der Waals surface area (Å²) < 4.78 is 0. The van der Waals surface area contributed by atoms with Crippen molar-refractivity contribution in [3.8, 4) is 0 Å². The molecule has 2 rings (SSSR count). The zero-order valence-corrected chi connectivity index (χ0v) is 10.1. The molecule has 3 N–H and O–H groups in total. The van der Waals surface area contributed by atoms with Crippen LogP contribution in [0.2, 0.25) is 0 Å². The highest BCUT2D eigenvalue weighted by molar-refractivity contribution is 7.80. The zero-order chi connectivity index (χ0) is 11.5. The molecule has 1 fully saturated rings. The number of nitrogens with two attached hydrogens (primary N) is 1. The minimum Gasteiger partial charge on any atom is -0.388 e. The smallest absolute Gasteiger partial charge is 0.223 e. The topological polar surface area (TPSA) is 63.8 Å². The van der Waals surface area contributed by atoms with Gasteiger partial charge in [0.05, 0.1) is 0 Å². The van der Waals surface area contributed by atoms with Crippen molar-refractivity contribution in [1.29, 1.82) is 0 Å². The Morgan fingerprint density at radius 2 is 2.44 bits per heavy atom. The fraction of sp³-hybridized carbons (Fsp3) is 0.545. The molecule has 0 spiro atoms. The largest absolute Gasteiger partial charge is 0.388 e. The van der Waals surface area contributed by atoms with Crippen molar-refractivity contribution in [2.24, 2.45) is 11.7 Å². The van der Waals surface area contributed by atoms with Gasteiger partial charge in [-0.2, -0.15) is 0 Å². The van der Waals surface area contributed by atoms with E-state index in [4.69, 9.17) is 18.0 Å². The van der Waals surface area contributed by atoms with Crippen molar-refractivity contribution in [3.05, 3.63) is 18.0 Å². The predicted molar refractivity (Wildman–Crippen MR) is 68.3 cm³/mol. The summed E-state index contributed by atoms with van der Waals surface area (Å²) in [5.41, 5.74) is 6.13. The van der Waals surface area contributed by atoms with E-state index >= 15 is 0 Å². The van der Waals surface area contributed by atoms with Crippen LogP contribution in [-0.4, -0.2) is 21.0 Å². The SMILES string of the molecule is CC(CC1CC1)Nc1nccc(C(N)=S)n1. The van der Waals surface area contributed by atoms with Crippen LogP contribution in [0.4, 0.5) is 5.95 Å². The molecule has 4 nitrogen and oxygen atoms in total. The summed E-state index contributed by atoms with van der Waals surface area (Å²) in [5, 5.41) is 3.27. The third kappa shape index (κ3) is 3.13. The number of hydrogen-bond donors (Lipinski definition) is 2. The van der Waals surface area contributed by atoms with Gasteiger partial charge in [-0.25, -0.2) is 9.97 Å². The highest BCUT2D eigenvalue weighted by Gasteiger charge is 2.23. The van der Waals surface area contributed by atoms with Crippen LogP contribution < -0.4 is 11.1 Å². The fourth-order valence-corrected chi connectivity index (χ4v) is 1.81. The Balaban J connectivity index is 1.96. The Labute approximate surface area is 101 Å². The molecule has 1 aliphatic rings. The number of rotatable bonds is 5. The normalized spacial score (nSPS) is 16.8. The molecule has 0 bridgehead atoms. The molecule has 1 heterocycles. The highest BCUT2D eigenvalue weighted by atomic mass is 32.1. The molecule has 1 aromatic rings. The first-order chi connectivity index (χ1) is 7.65. The maximum atomic E-state index is 5.52. The van der Waals surface area contributed by atoms with Crippen LogP contribution >= 0.6 is 12.2 Å². The molecule has 1 unspecified atom stereocenters. The Hall–Kier alpha value is -1.23. The molecule has 0 radical (unpaired) electrons. The fourth-order valence-electron chi connectivity index (χ4n) is 1.70. The highest BCUT2D eigenvalue weighted by Crippen LogP contribution is 2.33. The first kappa shape index (κ1) is 11.3. The maximum Gasteiger partial charge on any atom is 0.223 e. The predicted octanol–water partition coefficient (Wildman–Crippen LogP) is 1.71. The number of thiocarbonyl (C=S) groups is 1. The van der Waals surface area contributed by atoms with Gasteiger partial charge in [0, 0.05) is 12.2 Å². The molecular formula is C11H16N4S. The van der Waals surface area contributed by atoms with Gasteiger partial charge in [-0.15, -0.1) is 0 Å². The molecule has 1 atom stereocenters. The molecule has 0 saturated heterocycles. The molecule has 5 heteroatoms. The third-order valence-electron chi connectivity index (χ3n) is 2.67. The summed E-state index contributed by atoms with van der Waals surface area (Å²) in [4.78, 5) is 8.71. The maximum absolute atomic E-state index is 5.52. The van der Waals surface area contributed by atoms with Gasteiger partial charge in [0.2, 0.25) is 5.95 Å². The summed E-state index contributed by atoms with van der Waals surface area (Å²) in [6, 6.07) is 2.12. The molecule has 86 valence electrons. The summed E-state index contributed by atoms with van der Waals surface area (Å²) in [6.45, 7) is 2.15. The lowest BCUT2D eigenvalue weighted by molar-refractivity contribution is 0.637. The van der Waals surface area contributed by atoms with E-state index in [2.05, 4.69) is 22.2 Å². The number of aromatic nitrogens is 2. The summed E-state index contributed by atoms with van der Waals surface area (Å²) in [7, 11) is 0. The van der Waals surface area contributed by atoms with Crippen LogP contribution in [-0.2, 0) is 0 Å². The van der Waals surface area contributed by atoms with E-state index in [1.165, 1.54) is 19.3 Å². The van der Waals surface area contributed by atoms with Gasteiger partial charge in [0.1, 0.15) is 10.7 Å². The summed E-state index contributed by atoms with van der Waals surface area (Å²) in [6.07, 6.45) is 5.58. The molecule has 16 heavy (non-hydrogen) atoms. The average Bonchev–Trinajstić information content (AvgIpc) is 3.01. The van der Waals surface area contributed by atoms with Crippen molar-refractivity contribution in [2.75, 3.05) is 5.32 Å². The minimum absolute atomic E-state index is 0.306. The van der Waals surface area contributed by atoms with Gasteiger partial charge >= 0.3 is 0 Å². The van der Waals surface area contributed by atoms with Gasteiger partial charge < -0.3 is 11.1 Å². The summed E-state index contributed by atoms with van der Waals surface area (Å²) in [5.74, 6) is 1.50. The molecule has 1 aromatic heterocycles. The third-order valence-corrected chi connectivity index (χ3v) is 2.88. The first-order valence-corrected chi connectivity index (χ1v) is 5.95. The van der Waals surface area contributed by atoms with E-state index in [9.17, 15) is 0 Å². The Morgan fingerprint density at radius 1 is 1.69 bits per heavy atom. The van der Waals surface area contributed by atoms with Gasteiger partial charge in [-0.3, -0.25) is 0 Å². The molecular weight excluding hydrogens is 220 g/mol. The lowest BCUT2D eigenvalue weighted by Crippen LogP contribution is -2.19.